The second-order valence-corrected chi connectivity index (χ2v) is 5.44. The van der Waals surface area contributed by atoms with E-state index in [0.29, 0.717) is 5.69 Å². The molecule has 24 heavy (non-hydrogen) atoms. The predicted molar refractivity (Wildman–Crippen MR) is 102 cm³/mol. The highest BCUT2D eigenvalue weighted by Gasteiger charge is 2.02. The Labute approximate surface area is 162 Å². The van der Waals surface area contributed by atoms with Crippen LogP contribution in [-0.4, -0.2) is 41.0 Å². The van der Waals surface area contributed by atoms with Gasteiger partial charge in [0.15, 0.2) is 0 Å². The van der Waals surface area contributed by atoms with Crippen molar-refractivity contribution in [2.75, 3.05) is 14.1 Å². The van der Waals surface area contributed by atoms with Crippen LogP contribution in [0.1, 0.15) is 21.0 Å². The molecular formula is C14H17Br2ClN4O3. The van der Waals surface area contributed by atoms with E-state index in [4.69, 9.17) is 5.11 Å². The van der Waals surface area contributed by atoms with Gasteiger partial charge in [0, 0.05) is 28.4 Å². The highest BCUT2D eigenvalue weighted by atomic mass is 79.9. The molecule has 10 heteroatoms. The summed E-state index contributed by atoms with van der Waals surface area (Å²) in [6, 6.07) is 6.50. The van der Waals surface area contributed by atoms with E-state index in [-0.39, 0.29) is 24.0 Å². The van der Waals surface area contributed by atoms with E-state index >= 15 is 0 Å². The largest absolute Gasteiger partial charge is 0.477 e. The van der Waals surface area contributed by atoms with Gasteiger partial charge in [0.1, 0.15) is 11.4 Å². The van der Waals surface area contributed by atoms with Gasteiger partial charge in [0.25, 0.3) is 5.91 Å². The van der Waals surface area contributed by atoms with Crippen molar-refractivity contribution in [1.82, 2.24) is 15.3 Å². The number of hydrogen-bond donors (Lipinski definition) is 3. The zero-order chi connectivity index (χ0) is 17.8. The molecule has 0 radical (unpaired) electrons. The Balaban J connectivity index is 0. The van der Waals surface area contributed by atoms with E-state index in [1.165, 1.54) is 19.3 Å². The Morgan fingerprint density at radius 3 is 1.71 bits per heavy atom. The first-order chi connectivity index (χ1) is 10.9. The number of aromatic nitrogens is 2. The molecule has 2 aromatic rings. The number of hydrogen-bond acceptors (Lipinski definition) is 5. The van der Waals surface area contributed by atoms with Crippen LogP contribution in [0.2, 0.25) is 0 Å². The van der Waals surface area contributed by atoms with Gasteiger partial charge >= 0.3 is 5.97 Å². The first kappa shape index (κ1) is 24.7. The predicted octanol–water partition coefficient (Wildman–Crippen LogP) is 2.74. The summed E-state index contributed by atoms with van der Waals surface area (Å²) >= 11 is 6.36. The van der Waals surface area contributed by atoms with Crippen LogP contribution in [0.5, 0.6) is 0 Å². The minimum atomic E-state index is -1.01. The van der Waals surface area contributed by atoms with Gasteiger partial charge < -0.3 is 16.2 Å². The molecule has 0 aliphatic carbocycles. The van der Waals surface area contributed by atoms with Crippen molar-refractivity contribution >= 4 is 56.1 Å². The fourth-order valence-corrected chi connectivity index (χ4v) is 1.61. The number of nitrogens with one attached hydrogen (secondary N) is 1. The van der Waals surface area contributed by atoms with Crippen LogP contribution >= 0.6 is 44.3 Å². The van der Waals surface area contributed by atoms with Gasteiger partial charge in [-0.2, -0.15) is 0 Å². The third kappa shape index (κ3) is 9.56. The average molecular weight is 485 g/mol. The molecule has 1 amide bonds. The van der Waals surface area contributed by atoms with Crippen molar-refractivity contribution in [3.05, 3.63) is 57.0 Å². The molecule has 0 aromatic carbocycles. The molecular weight excluding hydrogens is 467 g/mol. The normalized spacial score (nSPS) is 8.38. The van der Waals surface area contributed by atoms with Gasteiger partial charge in [-0.3, -0.25) is 4.79 Å². The number of rotatable bonds is 2. The second-order valence-electron chi connectivity index (χ2n) is 3.61. The lowest BCUT2D eigenvalue weighted by atomic mass is 10.3. The van der Waals surface area contributed by atoms with Gasteiger partial charge in [-0.25, -0.2) is 14.8 Å². The van der Waals surface area contributed by atoms with Crippen LogP contribution in [0, 0.1) is 0 Å². The zero-order valence-corrected chi connectivity index (χ0v) is 16.9. The molecule has 0 atom stereocenters. The quantitative estimate of drug-likeness (QED) is 0.603. The van der Waals surface area contributed by atoms with E-state index in [9.17, 15) is 9.59 Å². The second kappa shape index (κ2) is 13.8. The first-order valence-corrected chi connectivity index (χ1v) is 7.79. The SMILES string of the molecule is CN.CNC(=O)c1ccc(Br)cn1.Cl.O=C(O)c1ccc(Br)cn1. The third-order valence-electron chi connectivity index (χ3n) is 2.13. The minimum Gasteiger partial charge on any atom is -0.477 e. The summed E-state index contributed by atoms with van der Waals surface area (Å²) in [6.45, 7) is 0. The molecule has 0 fully saturated rings. The number of nitrogens with zero attached hydrogens (tertiary/aromatic N) is 2. The number of amides is 1. The van der Waals surface area contributed by atoms with E-state index in [1.807, 2.05) is 0 Å². The molecule has 132 valence electrons. The monoisotopic (exact) mass is 482 g/mol. The summed E-state index contributed by atoms with van der Waals surface area (Å²) in [5.74, 6) is -1.18. The lowest BCUT2D eigenvalue weighted by Crippen LogP contribution is -2.18. The highest BCUT2D eigenvalue weighted by molar-refractivity contribution is 9.10. The minimum absolute atomic E-state index is 0. The molecule has 7 nitrogen and oxygen atoms in total. The smallest absolute Gasteiger partial charge is 0.354 e. The van der Waals surface area contributed by atoms with Crippen LogP contribution in [0.4, 0.5) is 0 Å². The van der Waals surface area contributed by atoms with Crippen molar-refractivity contribution in [2.24, 2.45) is 5.73 Å². The van der Waals surface area contributed by atoms with Gasteiger partial charge in [0.05, 0.1) is 0 Å². The van der Waals surface area contributed by atoms with Gasteiger partial charge in [-0.1, -0.05) is 0 Å². The summed E-state index contributed by atoms with van der Waals surface area (Å²) < 4.78 is 1.64. The summed E-state index contributed by atoms with van der Waals surface area (Å²) in [5.41, 5.74) is 4.99. The third-order valence-corrected chi connectivity index (χ3v) is 3.07. The number of halogens is 3. The molecule has 0 unspecified atom stereocenters. The first-order valence-electron chi connectivity index (χ1n) is 6.20. The van der Waals surface area contributed by atoms with Crippen molar-refractivity contribution in [2.45, 2.75) is 0 Å². The Kier molecular flexibility index (Phi) is 14.3. The van der Waals surface area contributed by atoms with Crippen LogP contribution < -0.4 is 11.1 Å². The molecule has 0 saturated heterocycles. The maximum absolute atomic E-state index is 10.9. The summed E-state index contributed by atoms with van der Waals surface area (Å²) in [4.78, 5) is 28.7. The summed E-state index contributed by atoms with van der Waals surface area (Å²) in [7, 11) is 3.08. The van der Waals surface area contributed by atoms with Crippen LogP contribution in [-0.2, 0) is 0 Å². The molecule has 4 N–H and O–H groups in total. The molecule has 2 rings (SSSR count). The van der Waals surface area contributed by atoms with Gasteiger partial charge in [-0.15, -0.1) is 12.4 Å². The summed E-state index contributed by atoms with van der Waals surface area (Å²) in [5, 5.41) is 10.9. The maximum Gasteiger partial charge on any atom is 0.354 e. The Hall–Kier alpha value is -1.55. The number of carboxylic acids is 1. The lowest BCUT2D eigenvalue weighted by molar-refractivity contribution is 0.0690. The number of carbonyl (C=O) groups excluding carboxylic acids is 1. The molecule has 0 spiro atoms. The van der Waals surface area contributed by atoms with E-state index in [2.05, 4.69) is 52.9 Å². The topological polar surface area (TPSA) is 118 Å². The zero-order valence-electron chi connectivity index (χ0n) is 12.9. The van der Waals surface area contributed by atoms with Crippen molar-refractivity contribution in [1.29, 1.82) is 0 Å². The average Bonchev–Trinajstić information content (AvgIpc) is 2.57. The maximum atomic E-state index is 10.9. The fraction of sp³-hybridized carbons (Fsp3) is 0.143. The van der Waals surface area contributed by atoms with Crippen molar-refractivity contribution in [3.8, 4) is 0 Å². The van der Waals surface area contributed by atoms with Crippen molar-refractivity contribution in [3.63, 3.8) is 0 Å². The van der Waals surface area contributed by atoms with E-state index in [0.717, 1.165) is 8.95 Å². The van der Waals surface area contributed by atoms with Gasteiger partial charge in [-0.05, 0) is 63.2 Å². The Bertz CT molecular complexity index is 625. The molecule has 0 saturated carbocycles. The number of carboxylic acid groups (broad SMARTS) is 1. The van der Waals surface area contributed by atoms with E-state index < -0.39 is 5.97 Å². The fourth-order valence-electron chi connectivity index (χ4n) is 1.14. The lowest BCUT2D eigenvalue weighted by Gasteiger charge is -1.96. The Morgan fingerprint density at radius 2 is 1.42 bits per heavy atom. The molecule has 0 bridgehead atoms. The Morgan fingerprint density at radius 1 is 1.00 bits per heavy atom. The molecule has 0 aliphatic heterocycles. The summed E-state index contributed by atoms with van der Waals surface area (Å²) in [6.07, 6.45) is 3.04. The molecule has 2 aromatic heterocycles. The number of nitrogens with two attached hydrogens (primary N) is 1. The van der Waals surface area contributed by atoms with E-state index in [1.54, 1.807) is 31.4 Å². The molecule has 2 heterocycles. The molecule has 0 aliphatic rings. The number of pyridine rings is 2. The van der Waals surface area contributed by atoms with Gasteiger partial charge in [0.2, 0.25) is 0 Å². The van der Waals surface area contributed by atoms with Crippen molar-refractivity contribution < 1.29 is 14.7 Å². The van der Waals surface area contributed by atoms with Crippen LogP contribution in [0.25, 0.3) is 0 Å². The highest BCUT2D eigenvalue weighted by Crippen LogP contribution is 2.07. The number of carbonyl (C=O) groups is 2. The standard InChI is InChI=1S/C7H7BrN2O.C6H4BrNO2.CH5N.ClH/c1-9-7(11)6-3-2-5(8)4-10-6;7-4-1-2-5(6(9)10)8-3-4;1-2;/h2-4H,1H3,(H,9,11);1-3H,(H,9,10);2H2,1H3;1H. The van der Waals surface area contributed by atoms with Crippen LogP contribution in [0.15, 0.2) is 45.6 Å². The number of aromatic carboxylic acids is 1. The van der Waals surface area contributed by atoms with Crippen LogP contribution in [0.3, 0.4) is 0 Å².